The zero-order valence-electron chi connectivity index (χ0n) is 10.3. The Morgan fingerprint density at radius 2 is 1.76 bits per heavy atom. The summed E-state index contributed by atoms with van der Waals surface area (Å²) in [5.74, 6) is -0.951. The summed E-state index contributed by atoms with van der Waals surface area (Å²) in [5, 5.41) is 10.7. The summed E-state index contributed by atoms with van der Waals surface area (Å²) >= 11 is 0. The van der Waals surface area contributed by atoms with E-state index in [2.05, 4.69) is 4.98 Å². The first-order chi connectivity index (χ1) is 9.80. The Labute approximate surface area is 116 Å². The van der Waals surface area contributed by atoms with Crippen LogP contribution in [0.15, 0.2) is 42.7 Å². The van der Waals surface area contributed by atoms with Gasteiger partial charge in [0.05, 0.1) is 10.5 Å². The van der Waals surface area contributed by atoms with Gasteiger partial charge in [-0.3, -0.25) is 19.9 Å². The van der Waals surface area contributed by atoms with Crippen LogP contribution in [0.5, 0.6) is 0 Å². The second-order valence-electron chi connectivity index (χ2n) is 4.05. The van der Waals surface area contributed by atoms with Crippen LogP contribution in [0, 0.1) is 10.1 Å². The molecule has 0 aliphatic rings. The molecule has 1 aromatic heterocycles. The van der Waals surface area contributed by atoms with Crippen molar-refractivity contribution in [3.05, 3.63) is 69.5 Å². The molecule has 0 saturated carbocycles. The molecule has 2 aromatic rings. The van der Waals surface area contributed by atoms with E-state index in [-0.39, 0.29) is 5.56 Å². The maximum absolute atomic E-state index is 12.9. The van der Waals surface area contributed by atoms with E-state index in [0.717, 1.165) is 0 Å². The van der Waals surface area contributed by atoms with Crippen LogP contribution >= 0.6 is 0 Å². The van der Waals surface area contributed by atoms with Crippen molar-refractivity contribution in [2.75, 3.05) is 0 Å². The Morgan fingerprint density at radius 3 is 2.29 bits per heavy atom. The van der Waals surface area contributed by atoms with Gasteiger partial charge in [0.25, 0.3) is 5.69 Å². The lowest BCUT2D eigenvalue weighted by Gasteiger charge is -2.11. The standard InChI is InChI=1S/C13H7F3N2O3/c14-13(15,16)11-2-1-9(18(20)21)7-10(11)12(19)8-3-5-17-6-4-8/h1-7H. The van der Waals surface area contributed by atoms with Gasteiger partial charge in [0.1, 0.15) is 0 Å². The van der Waals surface area contributed by atoms with Crippen LogP contribution in [0.2, 0.25) is 0 Å². The predicted molar refractivity (Wildman–Crippen MR) is 65.8 cm³/mol. The van der Waals surface area contributed by atoms with Gasteiger partial charge in [-0.2, -0.15) is 13.2 Å². The summed E-state index contributed by atoms with van der Waals surface area (Å²) in [6.45, 7) is 0. The minimum Gasteiger partial charge on any atom is -0.289 e. The fourth-order valence-corrected chi connectivity index (χ4v) is 1.74. The molecule has 0 fully saturated rings. The fourth-order valence-electron chi connectivity index (χ4n) is 1.74. The van der Waals surface area contributed by atoms with Crippen LogP contribution < -0.4 is 0 Å². The van der Waals surface area contributed by atoms with Gasteiger partial charge in [-0.15, -0.1) is 0 Å². The van der Waals surface area contributed by atoms with Gasteiger partial charge in [0.2, 0.25) is 0 Å². The molecule has 0 radical (unpaired) electrons. The Balaban J connectivity index is 2.61. The van der Waals surface area contributed by atoms with Crippen LogP contribution in [-0.4, -0.2) is 15.7 Å². The summed E-state index contributed by atoms with van der Waals surface area (Å²) < 4.78 is 38.8. The molecule has 108 valence electrons. The number of nitrogens with zero attached hydrogens (tertiary/aromatic N) is 2. The fraction of sp³-hybridized carbons (Fsp3) is 0.0769. The lowest BCUT2D eigenvalue weighted by molar-refractivity contribution is -0.384. The number of hydrogen-bond donors (Lipinski definition) is 0. The number of carbonyl (C=O) groups is 1. The third-order valence-electron chi connectivity index (χ3n) is 2.71. The van der Waals surface area contributed by atoms with Crippen molar-refractivity contribution in [2.24, 2.45) is 0 Å². The molecule has 2 rings (SSSR count). The van der Waals surface area contributed by atoms with E-state index in [1.165, 1.54) is 24.5 Å². The van der Waals surface area contributed by atoms with Gasteiger partial charge < -0.3 is 0 Å². The van der Waals surface area contributed by atoms with E-state index in [4.69, 9.17) is 0 Å². The monoisotopic (exact) mass is 296 g/mol. The largest absolute Gasteiger partial charge is 0.417 e. The number of non-ortho nitro benzene ring substituents is 1. The van der Waals surface area contributed by atoms with Gasteiger partial charge in [-0.05, 0) is 18.2 Å². The second-order valence-corrected chi connectivity index (χ2v) is 4.05. The smallest absolute Gasteiger partial charge is 0.289 e. The molecular formula is C13H7F3N2O3. The average molecular weight is 296 g/mol. The molecule has 0 unspecified atom stereocenters. The Bertz CT molecular complexity index is 700. The van der Waals surface area contributed by atoms with Crippen molar-refractivity contribution in [2.45, 2.75) is 6.18 Å². The van der Waals surface area contributed by atoms with Gasteiger partial charge in [0.15, 0.2) is 5.78 Å². The van der Waals surface area contributed by atoms with Gasteiger partial charge in [0, 0.05) is 35.7 Å². The van der Waals surface area contributed by atoms with Crippen molar-refractivity contribution in [1.29, 1.82) is 0 Å². The van der Waals surface area contributed by atoms with Crippen molar-refractivity contribution >= 4 is 11.5 Å². The molecule has 0 N–H and O–H groups in total. The third kappa shape index (κ3) is 3.04. The van der Waals surface area contributed by atoms with Gasteiger partial charge in [-0.25, -0.2) is 0 Å². The lowest BCUT2D eigenvalue weighted by Crippen LogP contribution is -2.14. The van der Waals surface area contributed by atoms with Gasteiger partial charge in [-0.1, -0.05) is 0 Å². The highest BCUT2D eigenvalue weighted by Gasteiger charge is 2.36. The quantitative estimate of drug-likeness (QED) is 0.495. The summed E-state index contributed by atoms with van der Waals surface area (Å²) in [6, 6.07) is 4.35. The van der Waals surface area contributed by atoms with E-state index >= 15 is 0 Å². The second kappa shape index (κ2) is 5.31. The molecule has 0 amide bonds. The first kappa shape index (κ1) is 14.6. The Kier molecular flexibility index (Phi) is 3.70. The van der Waals surface area contributed by atoms with Gasteiger partial charge >= 0.3 is 6.18 Å². The lowest BCUT2D eigenvalue weighted by atomic mass is 9.98. The zero-order valence-corrected chi connectivity index (χ0v) is 10.3. The van der Waals surface area contributed by atoms with Crippen molar-refractivity contribution in [3.63, 3.8) is 0 Å². The first-order valence-electron chi connectivity index (χ1n) is 5.61. The molecule has 21 heavy (non-hydrogen) atoms. The summed E-state index contributed by atoms with van der Waals surface area (Å²) in [5.41, 5.74) is -2.59. The van der Waals surface area contributed by atoms with E-state index in [0.29, 0.717) is 18.2 Å². The number of hydrogen-bond acceptors (Lipinski definition) is 4. The number of nitro benzene ring substituents is 1. The molecule has 1 heterocycles. The topological polar surface area (TPSA) is 73.1 Å². The minimum atomic E-state index is -4.78. The number of pyridine rings is 1. The molecule has 5 nitrogen and oxygen atoms in total. The molecule has 0 atom stereocenters. The van der Waals surface area contributed by atoms with Crippen LogP contribution in [0.25, 0.3) is 0 Å². The SMILES string of the molecule is O=C(c1ccncc1)c1cc([N+](=O)[O-])ccc1C(F)(F)F. The first-order valence-corrected chi connectivity index (χ1v) is 5.61. The van der Waals surface area contributed by atoms with Crippen molar-refractivity contribution in [1.82, 2.24) is 4.98 Å². The normalized spacial score (nSPS) is 11.2. The molecule has 0 saturated heterocycles. The number of ketones is 1. The van der Waals surface area contributed by atoms with Crippen molar-refractivity contribution in [3.8, 4) is 0 Å². The number of rotatable bonds is 3. The molecule has 0 spiro atoms. The molecule has 0 aliphatic carbocycles. The van der Waals surface area contributed by atoms with Crippen LogP contribution in [0.3, 0.4) is 0 Å². The Hall–Kier alpha value is -2.77. The van der Waals surface area contributed by atoms with Crippen LogP contribution in [-0.2, 0) is 6.18 Å². The molecular weight excluding hydrogens is 289 g/mol. The number of nitro groups is 1. The summed E-state index contributed by atoms with van der Waals surface area (Å²) in [6.07, 6.45) is -2.29. The number of carbonyl (C=O) groups excluding carboxylic acids is 1. The number of aromatic nitrogens is 1. The number of halogens is 3. The van der Waals surface area contributed by atoms with E-state index in [1.807, 2.05) is 0 Å². The highest BCUT2D eigenvalue weighted by molar-refractivity contribution is 6.10. The molecule has 0 bridgehead atoms. The maximum Gasteiger partial charge on any atom is 0.417 e. The minimum absolute atomic E-state index is 0.0315. The predicted octanol–water partition coefficient (Wildman–Crippen LogP) is 3.24. The summed E-state index contributed by atoms with van der Waals surface area (Å²) in [7, 11) is 0. The third-order valence-corrected chi connectivity index (χ3v) is 2.71. The average Bonchev–Trinajstić information content (AvgIpc) is 2.45. The molecule has 0 aliphatic heterocycles. The van der Waals surface area contributed by atoms with E-state index < -0.39 is 33.7 Å². The molecule has 8 heteroatoms. The van der Waals surface area contributed by atoms with Crippen LogP contribution in [0.4, 0.5) is 18.9 Å². The highest BCUT2D eigenvalue weighted by Crippen LogP contribution is 2.34. The number of alkyl halides is 3. The van der Waals surface area contributed by atoms with E-state index in [9.17, 15) is 28.1 Å². The Morgan fingerprint density at radius 1 is 1.14 bits per heavy atom. The van der Waals surface area contributed by atoms with Crippen molar-refractivity contribution < 1.29 is 22.9 Å². The summed E-state index contributed by atoms with van der Waals surface area (Å²) in [4.78, 5) is 25.6. The van der Waals surface area contributed by atoms with Crippen LogP contribution in [0.1, 0.15) is 21.5 Å². The zero-order chi connectivity index (χ0) is 15.6. The van der Waals surface area contributed by atoms with E-state index in [1.54, 1.807) is 0 Å². The molecule has 1 aromatic carbocycles. The maximum atomic E-state index is 12.9. The highest BCUT2D eigenvalue weighted by atomic mass is 19.4. The number of benzene rings is 1.